The first-order valence-corrected chi connectivity index (χ1v) is 5.61. The van der Waals surface area contributed by atoms with Gasteiger partial charge in [-0.25, -0.2) is 0 Å². The van der Waals surface area contributed by atoms with Crippen molar-refractivity contribution in [3.63, 3.8) is 0 Å². The number of nitrogens with zero attached hydrogens (tertiary/aromatic N) is 2. The van der Waals surface area contributed by atoms with Gasteiger partial charge in [-0.2, -0.15) is 5.10 Å². The number of hydrogen-bond acceptors (Lipinski definition) is 3. The fourth-order valence-corrected chi connectivity index (χ4v) is 2.78. The largest absolute Gasteiger partial charge is 0.271 e. The predicted molar refractivity (Wildman–Crippen MR) is 59.8 cm³/mol. The third-order valence-corrected chi connectivity index (χ3v) is 3.76. The topological polar surface area (TPSA) is 55.9 Å². The Morgan fingerprint density at radius 3 is 2.67 bits per heavy atom. The van der Waals surface area contributed by atoms with E-state index in [4.69, 9.17) is 5.84 Å². The first kappa shape index (κ1) is 10.6. The summed E-state index contributed by atoms with van der Waals surface area (Å²) in [7, 11) is 1.97. The Bertz CT molecular complexity index is 325. The molecule has 0 radical (unpaired) electrons. The van der Waals surface area contributed by atoms with E-state index in [1.165, 1.54) is 31.4 Å². The molecule has 1 heterocycles. The smallest absolute Gasteiger partial charge is 0.0682 e. The van der Waals surface area contributed by atoms with Gasteiger partial charge in [0, 0.05) is 13.2 Å². The van der Waals surface area contributed by atoms with Crippen LogP contribution in [0.25, 0.3) is 0 Å². The normalized spacial score (nSPS) is 21.8. The van der Waals surface area contributed by atoms with Crippen molar-refractivity contribution in [1.29, 1.82) is 0 Å². The standard InChI is InChI=1S/C11H20N4/c1-11(6-3-4-7-11)10(14-12)9-5-8-13-15(9)2/h5,8,10,14H,3-4,6-7,12H2,1-2H3. The van der Waals surface area contributed by atoms with Crippen molar-refractivity contribution in [2.45, 2.75) is 38.6 Å². The van der Waals surface area contributed by atoms with E-state index >= 15 is 0 Å². The Morgan fingerprint density at radius 1 is 1.53 bits per heavy atom. The summed E-state index contributed by atoms with van der Waals surface area (Å²) in [5.74, 6) is 5.71. The van der Waals surface area contributed by atoms with E-state index < -0.39 is 0 Å². The second-order valence-corrected chi connectivity index (χ2v) is 4.84. The van der Waals surface area contributed by atoms with Gasteiger partial charge in [0.1, 0.15) is 0 Å². The van der Waals surface area contributed by atoms with Gasteiger partial charge in [-0.1, -0.05) is 19.8 Å². The summed E-state index contributed by atoms with van der Waals surface area (Å²) in [5, 5.41) is 4.21. The molecule has 1 aliphatic carbocycles. The maximum Gasteiger partial charge on any atom is 0.0682 e. The fraction of sp³-hybridized carbons (Fsp3) is 0.727. The molecule has 15 heavy (non-hydrogen) atoms. The third kappa shape index (κ3) is 1.79. The summed E-state index contributed by atoms with van der Waals surface area (Å²) in [6.07, 6.45) is 6.94. The molecule has 1 unspecified atom stereocenters. The van der Waals surface area contributed by atoms with Gasteiger partial charge in [-0.15, -0.1) is 0 Å². The lowest BCUT2D eigenvalue weighted by atomic mass is 9.79. The molecule has 0 bridgehead atoms. The number of nitrogens with two attached hydrogens (primary N) is 1. The summed E-state index contributed by atoms with van der Waals surface area (Å²) >= 11 is 0. The minimum absolute atomic E-state index is 0.215. The zero-order valence-corrected chi connectivity index (χ0v) is 9.53. The van der Waals surface area contributed by atoms with E-state index in [1.54, 1.807) is 0 Å². The predicted octanol–water partition coefficient (Wildman–Crippen LogP) is 1.50. The van der Waals surface area contributed by atoms with Crippen LogP contribution >= 0.6 is 0 Å². The molecule has 2 rings (SSSR count). The van der Waals surface area contributed by atoms with Crippen LogP contribution in [0.1, 0.15) is 44.3 Å². The Balaban J connectivity index is 2.27. The zero-order chi connectivity index (χ0) is 10.9. The Hall–Kier alpha value is -0.870. The number of nitrogens with one attached hydrogen (secondary N) is 1. The van der Waals surface area contributed by atoms with Crippen LogP contribution in [0.4, 0.5) is 0 Å². The highest BCUT2D eigenvalue weighted by molar-refractivity contribution is 5.11. The molecule has 1 aliphatic rings. The Kier molecular flexibility index (Phi) is 2.80. The quantitative estimate of drug-likeness (QED) is 0.584. The molecule has 1 aromatic rings. The van der Waals surface area contributed by atoms with E-state index in [0.717, 1.165) is 0 Å². The second kappa shape index (κ2) is 3.94. The maximum absolute atomic E-state index is 5.71. The molecule has 1 saturated carbocycles. The lowest BCUT2D eigenvalue weighted by Gasteiger charge is -2.33. The Morgan fingerprint density at radius 2 is 2.20 bits per heavy atom. The molecule has 0 saturated heterocycles. The molecule has 4 nitrogen and oxygen atoms in total. The average Bonchev–Trinajstić information content (AvgIpc) is 2.79. The number of hydrogen-bond donors (Lipinski definition) is 2. The number of aryl methyl sites for hydroxylation is 1. The molecule has 0 aromatic carbocycles. The van der Waals surface area contributed by atoms with Crippen LogP contribution in [-0.2, 0) is 7.05 Å². The maximum atomic E-state index is 5.71. The van der Waals surface area contributed by atoms with Crippen LogP contribution in [0.5, 0.6) is 0 Å². The summed E-state index contributed by atoms with van der Waals surface area (Å²) < 4.78 is 1.91. The molecule has 1 atom stereocenters. The minimum Gasteiger partial charge on any atom is -0.271 e. The molecule has 4 heteroatoms. The van der Waals surface area contributed by atoms with Crippen molar-refractivity contribution in [1.82, 2.24) is 15.2 Å². The van der Waals surface area contributed by atoms with Crippen molar-refractivity contribution in [2.75, 3.05) is 0 Å². The van der Waals surface area contributed by atoms with Crippen molar-refractivity contribution in [3.05, 3.63) is 18.0 Å². The van der Waals surface area contributed by atoms with Gasteiger partial charge in [0.25, 0.3) is 0 Å². The molecule has 3 N–H and O–H groups in total. The molecule has 84 valence electrons. The molecular formula is C11H20N4. The van der Waals surface area contributed by atoms with Gasteiger partial charge in [0.15, 0.2) is 0 Å². The van der Waals surface area contributed by atoms with Gasteiger partial charge >= 0.3 is 0 Å². The minimum atomic E-state index is 0.215. The van der Waals surface area contributed by atoms with Crippen LogP contribution in [-0.4, -0.2) is 9.78 Å². The molecule has 0 aliphatic heterocycles. The van der Waals surface area contributed by atoms with Gasteiger partial charge < -0.3 is 0 Å². The summed E-state index contributed by atoms with van der Waals surface area (Å²) in [6, 6.07) is 2.26. The van der Waals surface area contributed by atoms with Gasteiger partial charge in [-0.05, 0) is 24.3 Å². The van der Waals surface area contributed by atoms with E-state index in [9.17, 15) is 0 Å². The van der Waals surface area contributed by atoms with Crippen LogP contribution in [0.15, 0.2) is 12.3 Å². The highest BCUT2D eigenvalue weighted by Gasteiger charge is 2.38. The van der Waals surface area contributed by atoms with Crippen molar-refractivity contribution < 1.29 is 0 Å². The number of hydrazine groups is 1. The monoisotopic (exact) mass is 208 g/mol. The third-order valence-electron chi connectivity index (χ3n) is 3.76. The highest BCUT2D eigenvalue weighted by atomic mass is 15.3. The highest BCUT2D eigenvalue weighted by Crippen LogP contribution is 2.46. The first-order chi connectivity index (χ1) is 7.17. The molecule has 0 spiro atoms. The van der Waals surface area contributed by atoms with E-state index in [2.05, 4.69) is 17.4 Å². The molecule has 1 aromatic heterocycles. The Labute approximate surface area is 90.8 Å². The summed E-state index contributed by atoms with van der Waals surface area (Å²) in [4.78, 5) is 0. The second-order valence-electron chi connectivity index (χ2n) is 4.84. The van der Waals surface area contributed by atoms with E-state index in [1.807, 2.05) is 24.0 Å². The fourth-order valence-electron chi connectivity index (χ4n) is 2.78. The van der Waals surface area contributed by atoms with Crippen molar-refractivity contribution in [2.24, 2.45) is 18.3 Å². The molecule has 1 fully saturated rings. The summed E-state index contributed by atoms with van der Waals surface area (Å²) in [6.45, 7) is 2.32. The lowest BCUT2D eigenvalue weighted by Crippen LogP contribution is -2.39. The zero-order valence-electron chi connectivity index (χ0n) is 9.53. The SMILES string of the molecule is Cn1nccc1C(NN)C1(C)CCCC1. The van der Waals surface area contributed by atoms with Crippen LogP contribution in [0.3, 0.4) is 0 Å². The van der Waals surface area contributed by atoms with Crippen molar-refractivity contribution >= 4 is 0 Å². The lowest BCUT2D eigenvalue weighted by molar-refractivity contribution is 0.216. The van der Waals surface area contributed by atoms with Crippen LogP contribution in [0.2, 0.25) is 0 Å². The van der Waals surface area contributed by atoms with Gasteiger partial charge in [0.2, 0.25) is 0 Å². The molecule has 0 amide bonds. The summed E-state index contributed by atoms with van der Waals surface area (Å²) in [5.41, 5.74) is 4.43. The van der Waals surface area contributed by atoms with Crippen LogP contribution < -0.4 is 11.3 Å². The van der Waals surface area contributed by atoms with Crippen molar-refractivity contribution in [3.8, 4) is 0 Å². The molecular weight excluding hydrogens is 188 g/mol. The first-order valence-electron chi connectivity index (χ1n) is 5.61. The van der Waals surface area contributed by atoms with E-state index in [0.29, 0.717) is 0 Å². The average molecular weight is 208 g/mol. The number of aromatic nitrogens is 2. The van der Waals surface area contributed by atoms with E-state index in [-0.39, 0.29) is 11.5 Å². The van der Waals surface area contributed by atoms with Gasteiger partial charge in [-0.3, -0.25) is 16.0 Å². The van der Waals surface area contributed by atoms with Gasteiger partial charge in [0.05, 0.1) is 11.7 Å². The van der Waals surface area contributed by atoms with Crippen LogP contribution in [0, 0.1) is 5.41 Å². The number of rotatable bonds is 3.